The number of hydrogen-bond donors (Lipinski definition) is 0. The summed E-state index contributed by atoms with van der Waals surface area (Å²) in [7, 11) is 0. The number of hydrogen-bond acceptors (Lipinski definition) is 3. The minimum absolute atomic E-state index is 0.126. The molecule has 0 bridgehead atoms. The molecular formula is C13H11FN2O. The van der Waals surface area contributed by atoms with Crippen LogP contribution in [0, 0.1) is 19.7 Å². The van der Waals surface area contributed by atoms with Gasteiger partial charge in [-0.25, -0.2) is 14.4 Å². The summed E-state index contributed by atoms with van der Waals surface area (Å²) in [6.45, 7) is 3.46. The highest BCUT2D eigenvalue weighted by atomic mass is 19.1. The molecular weight excluding hydrogens is 219 g/mol. The second-order valence-electron chi connectivity index (χ2n) is 3.88. The molecule has 1 aromatic carbocycles. The fraction of sp³-hybridized carbons (Fsp3) is 0.154. The molecule has 0 unspecified atom stereocenters. The van der Waals surface area contributed by atoms with Gasteiger partial charge in [0, 0.05) is 18.0 Å². The zero-order valence-corrected chi connectivity index (χ0v) is 9.57. The molecule has 0 atom stereocenters. The minimum Gasteiger partial charge on any atom is -0.285 e. The molecule has 2 aromatic rings. The SMILES string of the molecule is Cc1cnc(C(=O)c2ccc(F)c(C)c2)nc1. The maximum Gasteiger partial charge on any atom is 0.230 e. The van der Waals surface area contributed by atoms with Crippen molar-refractivity contribution in [2.45, 2.75) is 13.8 Å². The largest absolute Gasteiger partial charge is 0.285 e. The Morgan fingerprint density at radius 1 is 1.18 bits per heavy atom. The normalized spacial score (nSPS) is 10.3. The predicted molar refractivity (Wildman–Crippen MR) is 61.3 cm³/mol. The van der Waals surface area contributed by atoms with Crippen LogP contribution in [0.5, 0.6) is 0 Å². The van der Waals surface area contributed by atoms with Gasteiger partial charge in [-0.3, -0.25) is 4.79 Å². The van der Waals surface area contributed by atoms with E-state index in [1.165, 1.54) is 18.2 Å². The Labute approximate surface area is 98.3 Å². The van der Waals surface area contributed by atoms with Crippen LogP contribution in [-0.2, 0) is 0 Å². The van der Waals surface area contributed by atoms with Crippen LogP contribution in [0.15, 0.2) is 30.6 Å². The first-order valence-corrected chi connectivity index (χ1v) is 5.17. The second kappa shape index (κ2) is 4.41. The van der Waals surface area contributed by atoms with Gasteiger partial charge in [-0.1, -0.05) is 0 Å². The lowest BCUT2D eigenvalue weighted by atomic mass is 10.1. The van der Waals surface area contributed by atoms with Crippen LogP contribution >= 0.6 is 0 Å². The van der Waals surface area contributed by atoms with Crippen LogP contribution in [0.3, 0.4) is 0 Å². The highest BCUT2D eigenvalue weighted by Gasteiger charge is 2.12. The second-order valence-corrected chi connectivity index (χ2v) is 3.88. The highest BCUT2D eigenvalue weighted by molar-refractivity contribution is 6.06. The number of nitrogens with zero attached hydrogens (tertiary/aromatic N) is 2. The smallest absolute Gasteiger partial charge is 0.230 e. The van der Waals surface area contributed by atoms with E-state index in [0.29, 0.717) is 11.1 Å². The van der Waals surface area contributed by atoms with E-state index in [0.717, 1.165) is 5.56 Å². The van der Waals surface area contributed by atoms with Crippen molar-refractivity contribution in [3.8, 4) is 0 Å². The van der Waals surface area contributed by atoms with Crippen LogP contribution in [0.25, 0.3) is 0 Å². The van der Waals surface area contributed by atoms with Crippen molar-refractivity contribution < 1.29 is 9.18 Å². The molecule has 1 aromatic heterocycles. The van der Waals surface area contributed by atoms with Gasteiger partial charge in [-0.15, -0.1) is 0 Å². The molecule has 17 heavy (non-hydrogen) atoms. The van der Waals surface area contributed by atoms with E-state index < -0.39 is 0 Å². The fourth-order valence-corrected chi connectivity index (χ4v) is 1.42. The molecule has 0 radical (unpaired) electrons. The Kier molecular flexibility index (Phi) is 2.95. The third-order valence-electron chi connectivity index (χ3n) is 2.40. The van der Waals surface area contributed by atoms with E-state index in [1.807, 2.05) is 6.92 Å². The van der Waals surface area contributed by atoms with Gasteiger partial charge in [-0.2, -0.15) is 0 Å². The van der Waals surface area contributed by atoms with Crippen molar-refractivity contribution in [1.29, 1.82) is 0 Å². The Bertz CT molecular complexity index is 564. The van der Waals surface area contributed by atoms with Crippen LogP contribution in [-0.4, -0.2) is 15.8 Å². The number of benzene rings is 1. The third-order valence-corrected chi connectivity index (χ3v) is 2.40. The summed E-state index contributed by atoms with van der Waals surface area (Å²) in [4.78, 5) is 19.9. The average Bonchev–Trinajstić information content (AvgIpc) is 2.33. The number of carbonyl (C=O) groups excluding carboxylic acids is 1. The first-order valence-electron chi connectivity index (χ1n) is 5.17. The van der Waals surface area contributed by atoms with Crippen molar-refractivity contribution in [2.24, 2.45) is 0 Å². The van der Waals surface area contributed by atoms with Crippen LogP contribution in [0.1, 0.15) is 27.3 Å². The molecule has 0 aliphatic heterocycles. The topological polar surface area (TPSA) is 42.9 Å². The highest BCUT2D eigenvalue weighted by Crippen LogP contribution is 2.12. The van der Waals surface area contributed by atoms with Gasteiger partial charge in [0.05, 0.1) is 0 Å². The summed E-state index contributed by atoms with van der Waals surface area (Å²) in [5.41, 5.74) is 1.72. The maximum absolute atomic E-state index is 13.1. The number of halogens is 1. The van der Waals surface area contributed by atoms with E-state index >= 15 is 0 Å². The van der Waals surface area contributed by atoms with Crippen LogP contribution < -0.4 is 0 Å². The monoisotopic (exact) mass is 230 g/mol. The van der Waals surface area contributed by atoms with Gasteiger partial charge in [-0.05, 0) is 43.2 Å². The van der Waals surface area contributed by atoms with Gasteiger partial charge in [0.1, 0.15) is 5.82 Å². The van der Waals surface area contributed by atoms with Gasteiger partial charge in [0.15, 0.2) is 0 Å². The molecule has 1 heterocycles. The third kappa shape index (κ3) is 2.36. The lowest BCUT2D eigenvalue weighted by Gasteiger charge is -2.02. The minimum atomic E-state index is -0.327. The number of aryl methyl sites for hydroxylation is 2. The lowest BCUT2D eigenvalue weighted by Crippen LogP contribution is -2.07. The number of rotatable bonds is 2. The Balaban J connectivity index is 2.37. The Hall–Kier alpha value is -2.10. The summed E-state index contributed by atoms with van der Waals surface area (Å²) in [6.07, 6.45) is 3.16. The van der Waals surface area contributed by atoms with E-state index in [2.05, 4.69) is 9.97 Å². The standard InChI is InChI=1S/C13H11FN2O/c1-8-6-15-13(16-7-8)12(17)10-3-4-11(14)9(2)5-10/h3-7H,1-2H3. The molecule has 0 saturated carbocycles. The molecule has 0 spiro atoms. The molecule has 3 nitrogen and oxygen atoms in total. The van der Waals surface area contributed by atoms with E-state index in [-0.39, 0.29) is 17.4 Å². The molecule has 4 heteroatoms. The fourth-order valence-electron chi connectivity index (χ4n) is 1.42. The average molecular weight is 230 g/mol. The summed E-state index contributed by atoms with van der Waals surface area (Å²) >= 11 is 0. The van der Waals surface area contributed by atoms with Crippen LogP contribution in [0.4, 0.5) is 4.39 Å². The van der Waals surface area contributed by atoms with E-state index in [4.69, 9.17) is 0 Å². The van der Waals surface area contributed by atoms with Crippen molar-refractivity contribution >= 4 is 5.78 Å². The van der Waals surface area contributed by atoms with Gasteiger partial charge in [0.25, 0.3) is 0 Å². The maximum atomic E-state index is 13.1. The summed E-state index contributed by atoms with van der Waals surface area (Å²) in [5, 5.41) is 0. The number of aromatic nitrogens is 2. The van der Waals surface area contributed by atoms with Gasteiger partial charge < -0.3 is 0 Å². The van der Waals surface area contributed by atoms with Gasteiger partial charge in [0.2, 0.25) is 11.6 Å². The summed E-state index contributed by atoms with van der Waals surface area (Å²) in [5.74, 6) is -0.499. The Morgan fingerprint density at radius 2 is 1.82 bits per heavy atom. The molecule has 0 fully saturated rings. The summed E-state index contributed by atoms with van der Waals surface area (Å²) in [6, 6.07) is 4.21. The van der Waals surface area contributed by atoms with E-state index in [1.54, 1.807) is 19.3 Å². The number of carbonyl (C=O) groups is 1. The molecule has 0 N–H and O–H groups in total. The quantitative estimate of drug-likeness (QED) is 0.744. The Morgan fingerprint density at radius 3 is 2.41 bits per heavy atom. The molecule has 0 saturated heterocycles. The lowest BCUT2D eigenvalue weighted by molar-refractivity contribution is 0.102. The van der Waals surface area contributed by atoms with E-state index in [9.17, 15) is 9.18 Å². The first-order chi connectivity index (χ1) is 8.08. The zero-order chi connectivity index (χ0) is 12.4. The first kappa shape index (κ1) is 11.4. The predicted octanol–water partition coefficient (Wildman–Crippen LogP) is 2.46. The van der Waals surface area contributed by atoms with Crippen molar-refractivity contribution in [3.05, 3.63) is 58.9 Å². The number of ketones is 1. The molecule has 2 rings (SSSR count). The summed E-state index contributed by atoms with van der Waals surface area (Å²) < 4.78 is 13.1. The van der Waals surface area contributed by atoms with Crippen molar-refractivity contribution in [2.75, 3.05) is 0 Å². The zero-order valence-electron chi connectivity index (χ0n) is 9.57. The van der Waals surface area contributed by atoms with Crippen molar-refractivity contribution in [1.82, 2.24) is 9.97 Å². The van der Waals surface area contributed by atoms with Gasteiger partial charge >= 0.3 is 0 Å². The van der Waals surface area contributed by atoms with Crippen LogP contribution in [0.2, 0.25) is 0 Å². The molecule has 0 aliphatic carbocycles. The molecule has 86 valence electrons. The molecule has 0 aliphatic rings. The van der Waals surface area contributed by atoms with Crippen molar-refractivity contribution in [3.63, 3.8) is 0 Å². The molecule has 0 amide bonds.